The number of aromatic nitrogens is 2. The molecule has 0 spiro atoms. The summed E-state index contributed by atoms with van der Waals surface area (Å²) in [4.78, 5) is 23.0. The monoisotopic (exact) mass is 250 g/mol. The van der Waals surface area contributed by atoms with E-state index in [-0.39, 0.29) is 23.8 Å². The van der Waals surface area contributed by atoms with Gasteiger partial charge in [-0.1, -0.05) is 0 Å². The number of carbonyl (C=O) groups excluding carboxylic acids is 2. The standard InChI is InChI=1S/C12H18N4O2/c1-7-10(6-14-16-7)12(18)15-9-4-2-8(3-5-9)11(13)17/h6,8-9H,2-5H2,1H3,(H2,13,17)(H,14,16)(H,15,18). The van der Waals surface area contributed by atoms with E-state index in [2.05, 4.69) is 15.5 Å². The molecule has 4 N–H and O–H groups in total. The number of H-pyrrole nitrogens is 1. The largest absolute Gasteiger partial charge is 0.369 e. The number of nitrogens with zero attached hydrogens (tertiary/aromatic N) is 1. The molecule has 0 saturated heterocycles. The van der Waals surface area contributed by atoms with Crippen LogP contribution in [0.3, 0.4) is 0 Å². The zero-order valence-electron chi connectivity index (χ0n) is 10.4. The first-order valence-electron chi connectivity index (χ1n) is 6.18. The van der Waals surface area contributed by atoms with Crippen molar-refractivity contribution in [1.82, 2.24) is 15.5 Å². The van der Waals surface area contributed by atoms with Crippen LogP contribution in [0.4, 0.5) is 0 Å². The number of hydrogen-bond donors (Lipinski definition) is 3. The summed E-state index contributed by atoms with van der Waals surface area (Å²) in [7, 11) is 0. The molecule has 6 nitrogen and oxygen atoms in total. The predicted octanol–water partition coefficient (Wildman–Crippen LogP) is 0.492. The van der Waals surface area contributed by atoms with Gasteiger partial charge in [-0.15, -0.1) is 0 Å². The first kappa shape index (κ1) is 12.6. The average Bonchev–Trinajstić information content (AvgIpc) is 2.76. The Kier molecular flexibility index (Phi) is 3.64. The van der Waals surface area contributed by atoms with Gasteiger partial charge < -0.3 is 11.1 Å². The summed E-state index contributed by atoms with van der Waals surface area (Å²) in [6.07, 6.45) is 4.64. The van der Waals surface area contributed by atoms with Gasteiger partial charge in [-0.25, -0.2) is 0 Å². The molecule has 18 heavy (non-hydrogen) atoms. The Labute approximate surface area is 105 Å². The molecule has 1 heterocycles. The Bertz CT molecular complexity index is 447. The van der Waals surface area contributed by atoms with Crippen molar-refractivity contribution >= 4 is 11.8 Å². The van der Waals surface area contributed by atoms with E-state index in [4.69, 9.17) is 5.73 Å². The molecule has 0 atom stereocenters. The average molecular weight is 250 g/mol. The van der Waals surface area contributed by atoms with Crippen molar-refractivity contribution in [2.45, 2.75) is 38.6 Å². The van der Waals surface area contributed by atoms with E-state index < -0.39 is 0 Å². The number of carbonyl (C=O) groups is 2. The SMILES string of the molecule is Cc1[nH]ncc1C(=O)NC1CCC(C(N)=O)CC1. The molecule has 2 rings (SSSR count). The van der Waals surface area contributed by atoms with Gasteiger partial charge in [0.25, 0.3) is 5.91 Å². The van der Waals surface area contributed by atoms with Crippen LogP contribution in [-0.2, 0) is 4.79 Å². The van der Waals surface area contributed by atoms with Gasteiger partial charge in [0.2, 0.25) is 5.91 Å². The highest BCUT2D eigenvalue weighted by Crippen LogP contribution is 2.24. The highest BCUT2D eigenvalue weighted by atomic mass is 16.2. The minimum absolute atomic E-state index is 0.0335. The van der Waals surface area contributed by atoms with Crippen LogP contribution in [0.15, 0.2) is 6.20 Å². The van der Waals surface area contributed by atoms with Crippen LogP contribution in [-0.4, -0.2) is 28.1 Å². The van der Waals surface area contributed by atoms with Gasteiger partial charge in [-0.2, -0.15) is 5.10 Å². The van der Waals surface area contributed by atoms with Gasteiger partial charge in [-0.05, 0) is 32.6 Å². The van der Waals surface area contributed by atoms with Crippen LogP contribution in [0, 0.1) is 12.8 Å². The molecule has 1 aromatic heterocycles. The predicted molar refractivity (Wildman–Crippen MR) is 65.7 cm³/mol. The van der Waals surface area contributed by atoms with Crippen molar-refractivity contribution in [3.05, 3.63) is 17.5 Å². The number of amides is 2. The summed E-state index contributed by atoms with van der Waals surface area (Å²) < 4.78 is 0. The Balaban J connectivity index is 1.87. The van der Waals surface area contributed by atoms with Gasteiger partial charge in [0.15, 0.2) is 0 Å². The summed E-state index contributed by atoms with van der Waals surface area (Å²) >= 11 is 0. The van der Waals surface area contributed by atoms with Crippen molar-refractivity contribution < 1.29 is 9.59 Å². The van der Waals surface area contributed by atoms with E-state index in [1.807, 2.05) is 6.92 Å². The molecule has 0 aliphatic heterocycles. The fourth-order valence-corrected chi connectivity index (χ4v) is 2.37. The minimum atomic E-state index is -0.231. The second-order valence-electron chi connectivity index (χ2n) is 4.83. The first-order valence-corrected chi connectivity index (χ1v) is 6.18. The van der Waals surface area contributed by atoms with Crippen LogP contribution < -0.4 is 11.1 Å². The Morgan fingerprint density at radius 1 is 1.39 bits per heavy atom. The maximum absolute atomic E-state index is 11.9. The first-order chi connectivity index (χ1) is 8.58. The van der Waals surface area contributed by atoms with E-state index in [1.54, 1.807) is 0 Å². The lowest BCUT2D eigenvalue weighted by Crippen LogP contribution is -2.39. The topological polar surface area (TPSA) is 101 Å². The van der Waals surface area contributed by atoms with E-state index >= 15 is 0 Å². The Hall–Kier alpha value is -1.85. The quantitative estimate of drug-likeness (QED) is 0.727. The fraction of sp³-hybridized carbons (Fsp3) is 0.583. The smallest absolute Gasteiger partial charge is 0.254 e. The number of aryl methyl sites for hydroxylation is 1. The number of nitrogens with one attached hydrogen (secondary N) is 2. The van der Waals surface area contributed by atoms with Crippen molar-refractivity contribution in [3.63, 3.8) is 0 Å². The number of rotatable bonds is 3. The molecule has 2 amide bonds. The number of hydrogen-bond acceptors (Lipinski definition) is 3. The summed E-state index contributed by atoms with van der Waals surface area (Å²) in [5, 5.41) is 9.53. The minimum Gasteiger partial charge on any atom is -0.369 e. The van der Waals surface area contributed by atoms with E-state index in [9.17, 15) is 9.59 Å². The fourth-order valence-electron chi connectivity index (χ4n) is 2.37. The van der Waals surface area contributed by atoms with Crippen molar-refractivity contribution in [1.29, 1.82) is 0 Å². The third-order valence-corrected chi connectivity index (χ3v) is 3.54. The number of nitrogens with two attached hydrogens (primary N) is 1. The molecule has 6 heteroatoms. The molecule has 1 saturated carbocycles. The van der Waals surface area contributed by atoms with Gasteiger partial charge in [0, 0.05) is 17.7 Å². The lowest BCUT2D eigenvalue weighted by Gasteiger charge is -2.27. The second-order valence-corrected chi connectivity index (χ2v) is 4.83. The Morgan fingerprint density at radius 2 is 2.06 bits per heavy atom. The molecule has 0 unspecified atom stereocenters. The molecule has 1 aliphatic rings. The summed E-state index contributed by atoms with van der Waals surface area (Å²) in [6, 6.07) is 0.127. The Morgan fingerprint density at radius 3 is 2.56 bits per heavy atom. The van der Waals surface area contributed by atoms with Crippen LogP contribution in [0.1, 0.15) is 41.7 Å². The molecular formula is C12H18N4O2. The van der Waals surface area contributed by atoms with E-state index in [0.717, 1.165) is 31.4 Å². The van der Waals surface area contributed by atoms with E-state index in [0.29, 0.717) is 5.56 Å². The van der Waals surface area contributed by atoms with Gasteiger partial charge >= 0.3 is 0 Å². The lowest BCUT2D eigenvalue weighted by atomic mass is 9.85. The zero-order valence-corrected chi connectivity index (χ0v) is 10.4. The summed E-state index contributed by atoms with van der Waals surface area (Å²) in [6.45, 7) is 1.81. The zero-order chi connectivity index (χ0) is 13.1. The third kappa shape index (κ3) is 2.69. The molecule has 98 valence electrons. The van der Waals surface area contributed by atoms with Crippen molar-refractivity contribution in [2.24, 2.45) is 11.7 Å². The molecular weight excluding hydrogens is 232 g/mol. The highest BCUT2D eigenvalue weighted by Gasteiger charge is 2.26. The highest BCUT2D eigenvalue weighted by molar-refractivity contribution is 5.95. The van der Waals surface area contributed by atoms with Gasteiger partial charge in [0.05, 0.1) is 11.8 Å². The summed E-state index contributed by atoms with van der Waals surface area (Å²) in [5.41, 5.74) is 6.61. The molecule has 1 fully saturated rings. The van der Waals surface area contributed by atoms with Crippen LogP contribution in [0.2, 0.25) is 0 Å². The van der Waals surface area contributed by atoms with Crippen LogP contribution >= 0.6 is 0 Å². The van der Waals surface area contributed by atoms with Crippen molar-refractivity contribution in [3.8, 4) is 0 Å². The van der Waals surface area contributed by atoms with Gasteiger partial charge in [-0.3, -0.25) is 14.7 Å². The lowest BCUT2D eigenvalue weighted by molar-refractivity contribution is -0.122. The number of aromatic amines is 1. The number of primary amides is 1. The molecule has 1 aliphatic carbocycles. The van der Waals surface area contributed by atoms with Crippen molar-refractivity contribution in [2.75, 3.05) is 0 Å². The maximum atomic E-state index is 11.9. The second kappa shape index (κ2) is 5.20. The summed E-state index contributed by atoms with van der Waals surface area (Å²) in [5.74, 6) is -0.372. The molecule has 0 aromatic carbocycles. The van der Waals surface area contributed by atoms with Crippen LogP contribution in [0.25, 0.3) is 0 Å². The van der Waals surface area contributed by atoms with E-state index in [1.165, 1.54) is 6.20 Å². The maximum Gasteiger partial charge on any atom is 0.254 e. The molecule has 0 bridgehead atoms. The normalized spacial score (nSPS) is 23.6. The molecule has 1 aromatic rings. The third-order valence-electron chi connectivity index (χ3n) is 3.54. The molecule has 0 radical (unpaired) electrons. The van der Waals surface area contributed by atoms with Crippen LogP contribution in [0.5, 0.6) is 0 Å². The van der Waals surface area contributed by atoms with Gasteiger partial charge in [0.1, 0.15) is 0 Å².